The molecule has 3 rings (SSSR count). The van der Waals surface area contributed by atoms with Crippen molar-refractivity contribution in [3.05, 3.63) is 57.0 Å². The van der Waals surface area contributed by atoms with E-state index >= 15 is 0 Å². The van der Waals surface area contributed by atoms with Crippen molar-refractivity contribution >= 4 is 27.9 Å². The van der Waals surface area contributed by atoms with Crippen LogP contribution in [0.15, 0.2) is 34.6 Å². The fourth-order valence-corrected chi connectivity index (χ4v) is 3.08. The number of rotatable bonds is 4. The number of hydrogen-bond acceptors (Lipinski definition) is 5. The summed E-state index contributed by atoms with van der Waals surface area (Å²) >= 11 is 1.37. The molecule has 0 bridgehead atoms. The van der Waals surface area contributed by atoms with Gasteiger partial charge in [-0.05, 0) is 38.0 Å². The molecule has 0 unspecified atom stereocenters. The molecule has 0 radical (unpaired) electrons. The third kappa shape index (κ3) is 3.03. The molecule has 0 aliphatic heterocycles. The van der Waals surface area contributed by atoms with E-state index in [0.29, 0.717) is 16.4 Å². The van der Waals surface area contributed by atoms with Crippen LogP contribution in [0.5, 0.6) is 5.75 Å². The summed E-state index contributed by atoms with van der Waals surface area (Å²) in [5.41, 5.74) is 2.46. The van der Waals surface area contributed by atoms with Gasteiger partial charge in [-0.2, -0.15) is 0 Å². The van der Waals surface area contributed by atoms with Gasteiger partial charge in [0.1, 0.15) is 11.4 Å². The van der Waals surface area contributed by atoms with Crippen molar-refractivity contribution in [2.24, 2.45) is 0 Å². The summed E-state index contributed by atoms with van der Waals surface area (Å²) in [5, 5.41) is 4.39. The highest BCUT2D eigenvalue weighted by Crippen LogP contribution is 2.20. The first-order valence-corrected chi connectivity index (χ1v) is 8.30. The van der Waals surface area contributed by atoms with Crippen molar-refractivity contribution in [3.8, 4) is 5.75 Å². The van der Waals surface area contributed by atoms with Crippen LogP contribution in [0, 0.1) is 20.8 Å². The van der Waals surface area contributed by atoms with Crippen molar-refractivity contribution in [1.29, 1.82) is 0 Å². The summed E-state index contributed by atoms with van der Waals surface area (Å²) in [6, 6.07) is 5.67. The Balaban J connectivity index is 1.76. The number of aromatic nitrogens is 2. The number of benzene rings is 1. The van der Waals surface area contributed by atoms with E-state index in [1.807, 2.05) is 32.0 Å². The van der Waals surface area contributed by atoms with E-state index in [1.165, 1.54) is 15.7 Å². The van der Waals surface area contributed by atoms with E-state index < -0.39 is 5.91 Å². The topological polar surface area (TPSA) is 72.7 Å². The molecule has 0 aliphatic rings. The summed E-state index contributed by atoms with van der Waals surface area (Å²) in [4.78, 5) is 29.5. The van der Waals surface area contributed by atoms with E-state index in [4.69, 9.17) is 4.74 Å². The number of anilines is 1. The zero-order valence-corrected chi connectivity index (χ0v) is 14.4. The fraction of sp³-hybridized carbons (Fsp3) is 0.235. The Morgan fingerprint density at radius 2 is 2.12 bits per heavy atom. The average Bonchev–Trinajstić information content (AvgIpc) is 3.01. The quantitative estimate of drug-likeness (QED) is 0.790. The van der Waals surface area contributed by atoms with Gasteiger partial charge in [0, 0.05) is 11.6 Å². The molecular formula is C17H17N3O3S. The fourth-order valence-electron chi connectivity index (χ4n) is 2.33. The molecule has 1 amide bonds. The van der Waals surface area contributed by atoms with Crippen LogP contribution >= 0.6 is 11.3 Å². The highest BCUT2D eigenvalue weighted by Gasteiger charge is 2.14. The predicted molar refractivity (Wildman–Crippen MR) is 94.1 cm³/mol. The Hall–Kier alpha value is -2.67. The van der Waals surface area contributed by atoms with Gasteiger partial charge >= 0.3 is 0 Å². The van der Waals surface area contributed by atoms with Crippen LogP contribution in [-0.2, 0) is 4.79 Å². The standard InChI is InChI=1S/C17H17N3O3S/c1-10-5-4-6-13(11(10)2)23-9-14(21)19-15-12(3)18-17-20(16(15)22)7-8-24-17/h4-8H,9H2,1-3H3,(H,19,21). The lowest BCUT2D eigenvalue weighted by Gasteiger charge is -2.11. The van der Waals surface area contributed by atoms with E-state index in [1.54, 1.807) is 18.5 Å². The second-order valence-corrected chi connectivity index (χ2v) is 6.34. The summed E-state index contributed by atoms with van der Waals surface area (Å²) < 4.78 is 6.98. The molecule has 3 aromatic rings. The number of amides is 1. The van der Waals surface area contributed by atoms with Gasteiger partial charge in [-0.3, -0.25) is 14.0 Å². The maximum absolute atomic E-state index is 12.4. The summed E-state index contributed by atoms with van der Waals surface area (Å²) in [6.45, 7) is 5.44. The minimum Gasteiger partial charge on any atom is -0.483 e. The normalized spacial score (nSPS) is 10.8. The third-order valence-electron chi connectivity index (χ3n) is 3.83. The summed E-state index contributed by atoms with van der Waals surface area (Å²) in [5.74, 6) is 0.262. The molecule has 0 saturated carbocycles. The second-order valence-electron chi connectivity index (χ2n) is 5.47. The lowest BCUT2D eigenvalue weighted by Crippen LogP contribution is -2.27. The van der Waals surface area contributed by atoms with Crippen LogP contribution in [0.3, 0.4) is 0 Å². The minimum atomic E-state index is -0.395. The Morgan fingerprint density at radius 3 is 2.92 bits per heavy atom. The minimum absolute atomic E-state index is 0.171. The van der Waals surface area contributed by atoms with Crippen LogP contribution in [0.1, 0.15) is 16.8 Å². The molecule has 2 heterocycles. The van der Waals surface area contributed by atoms with Gasteiger partial charge < -0.3 is 10.1 Å². The Morgan fingerprint density at radius 1 is 1.33 bits per heavy atom. The monoisotopic (exact) mass is 343 g/mol. The number of hydrogen-bond donors (Lipinski definition) is 1. The first-order chi connectivity index (χ1) is 11.5. The molecule has 0 atom stereocenters. The molecule has 124 valence electrons. The summed E-state index contributed by atoms with van der Waals surface area (Å²) in [7, 11) is 0. The number of thiazole rings is 1. The number of fused-ring (bicyclic) bond motifs is 1. The van der Waals surface area contributed by atoms with Crippen LogP contribution in [-0.4, -0.2) is 21.9 Å². The molecule has 1 aromatic carbocycles. The van der Waals surface area contributed by atoms with Crippen LogP contribution in [0.25, 0.3) is 4.96 Å². The molecule has 0 fully saturated rings. The maximum atomic E-state index is 12.4. The highest BCUT2D eigenvalue weighted by molar-refractivity contribution is 7.15. The van der Waals surface area contributed by atoms with E-state index in [9.17, 15) is 9.59 Å². The van der Waals surface area contributed by atoms with Crippen molar-refractivity contribution in [1.82, 2.24) is 9.38 Å². The molecule has 24 heavy (non-hydrogen) atoms. The van der Waals surface area contributed by atoms with Gasteiger partial charge in [0.25, 0.3) is 11.5 Å². The molecule has 6 nitrogen and oxygen atoms in total. The van der Waals surface area contributed by atoms with Gasteiger partial charge in [-0.25, -0.2) is 4.98 Å². The number of aryl methyl sites for hydroxylation is 2. The number of carbonyl (C=O) groups excluding carboxylic acids is 1. The van der Waals surface area contributed by atoms with Crippen LogP contribution in [0.2, 0.25) is 0 Å². The van der Waals surface area contributed by atoms with Gasteiger partial charge in [-0.15, -0.1) is 11.3 Å². The number of ether oxygens (including phenoxy) is 1. The molecule has 1 N–H and O–H groups in total. The molecule has 0 aliphatic carbocycles. The smallest absolute Gasteiger partial charge is 0.282 e. The van der Waals surface area contributed by atoms with Crippen molar-refractivity contribution in [2.75, 3.05) is 11.9 Å². The zero-order chi connectivity index (χ0) is 17.3. The number of nitrogens with zero attached hydrogens (tertiary/aromatic N) is 2. The Bertz CT molecular complexity index is 975. The van der Waals surface area contributed by atoms with Crippen molar-refractivity contribution in [2.45, 2.75) is 20.8 Å². The lowest BCUT2D eigenvalue weighted by molar-refractivity contribution is -0.118. The van der Waals surface area contributed by atoms with Crippen LogP contribution in [0.4, 0.5) is 5.69 Å². The van der Waals surface area contributed by atoms with Crippen molar-refractivity contribution < 1.29 is 9.53 Å². The zero-order valence-electron chi connectivity index (χ0n) is 13.6. The average molecular weight is 343 g/mol. The molecule has 0 spiro atoms. The molecular weight excluding hydrogens is 326 g/mol. The van der Waals surface area contributed by atoms with E-state index in [-0.39, 0.29) is 17.9 Å². The van der Waals surface area contributed by atoms with Crippen LogP contribution < -0.4 is 15.6 Å². The van der Waals surface area contributed by atoms with E-state index in [2.05, 4.69) is 10.3 Å². The van der Waals surface area contributed by atoms with E-state index in [0.717, 1.165) is 11.1 Å². The Labute approximate surface area is 142 Å². The first-order valence-electron chi connectivity index (χ1n) is 7.42. The maximum Gasteiger partial charge on any atom is 0.282 e. The molecule has 2 aromatic heterocycles. The number of carbonyl (C=O) groups is 1. The second kappa shape index (κ2) is 6.45. The lowest BCUT2D eigenvalue weighted by atomic mass is 10.1. The third-order valence-corrected chi connectivity index (χ3v) is 4.58. The van der Waals surface area contributed by atoms with Gasteiger partial charge in [0.05, 0.1) is 5.69 Å². The SMILES string of the molecule is Cc1cccc(OCC(=O)Nc2c(C)nc3sccn3c2=O)c1C. The molecule has 7 heteroatoms. The van der Waals surface area contributed by atoms with Gasteiger partial charge in [-0.1, -0.05) is 12.1 Å². The molecule has 0 saturated heterocycles. The van der Waals surface area contributed by atoms with Crippen molar-refractivity contribution in [3.63, 3.8) is 0 Å². The van der Waals surface area contributed by atoms with Gasteiger partial charge in [0.15, 0.2) is 11.6 Å². The Kier molecular flexibility index (Phi) is 4.35. The highest BCUT2D eigenvalue weighted by atomic mass is 32.1. The summed E-state index contributed by atoms with van der Waals surface area (Å²) in [6.07, 6.45) is 1.64. The van der Waals surface area contributed by atoms with Gasteiger partial charge in [0.2, 0.25) is 0 Å². The first kappa shape index (κ1) is 16.2. The number of nitrogens with one attached hydrogen (secondary N) is 1. The largest absolute Gasteiger partial charge is 0.483 e. The predicted octanol–water partition coefficient (Wildman–Crippen LogP) is 2.70.